The summed E-state index contributed by atoms with van der Waals surface area (Å²) >= 11 is 1.71. The number of hydrogen-bond acceptors (Lipinski definition) is 0. The Balaban J connectivity index is 2.30. The molecular formula is C3H5Ga. The van der Waals surface area contributed by atoms with E-state index in [4.69, 9.17) is 0 Å². The Morgan fingerprint density at radius 3 is 2.25 bits per heavy atom. The number of allylic oxidation sites excluding steroid dienone is 1. The molecule has 1 heteroatoms. The first-order valence-electron chi connectivity index (χ1n) is 1.22. The van der Waals surface area contributed by atoms with Crippen molar-refractivity contribution in [3.8, 4) is 0 Å². The first-order chi connectivity index (χ1) is 1.91. The molecule has 0 aliphatic heterocycles. The molecule has 0 saturated carbocycles. The van der Waals surface area contributed by atoms with Gasteiger partial charge in [0.25, 0.3) is 0 Å². The molecule has 2 radical (unpaired) electrons. The Morgan fingerprint density at radius 2 is 2.25 bits per heavy atom. The van der Waals surface area contributed by atoms with Crippen LogP contribution in [0.3, 0.4) is 0 Å². The Bertz CT molecular complexity index is 17.2. The van der Waals surface area contributed by atoms with Crippen molar-refractivity contribution in [2.45, 2.75) is 4.98 Å². The molecule has 0 aliphatic rings. The van der Waals surface area contributed by atoms with Crippen LogP contribution in [-0.2, 0) is 0 Å². The zero-order chi connectivity index (χ0) is 3.41. The van der Waals surface area contributed by atoms with Crippen LogP contribution in [0.25, 0.3) is 0 Å². The molecule has 0 aliphatic carbocycles. The van der Waals surface area contributed by atoms with E-state index in [0.29, 0.717) is 0 Å². The van der Waals surface area contributed by atoms with Gasteiger partial charge in [0.2, 0.25) is 0 Å². The fourth-order valence-electron chi connectivity index (χ4n) is 0. The minimum atomic E-state index is 1.15. The molecule has 0 fully saturated rings. The summed E-state index contributed by atoms with van der Waals surface area (Å²) in [6.07, 6.45) is 1.90. The summed E-state index contributed by atoms with van der Waals surface area (Å²) in [5.41, 5.74) is 0. The number of rotatable bonds is 1. The molecule has 0 spiro atoms. The van der Waals surface area contributed by atoms with Crippen LogP contribution in [0, 0.1) is 0 Å². The summed E-state index contributed by atoms with van der Waals surface area (Å²) in [5.74, 6) is 0. The summed E-state index contributed by atoms with van der Waals surface area (Å²) in [7, 11) is 0. The first kappa shape index (κ1) is 4.38. The van der Waals surface area contributed by atoms with Crippen molar-refractivity contribution < 1.29 is 0 Å². The summed E-state index contributed by atoms with van der Waals surface area (Å²) in [6.45, 7) is 3.49. The van der Waals surface area contributed by atoms with E-state index >= 15 is 0 Å². The molecule has 0 aromatic rings. The van der Waals surface area contributed by atoms with Gasteiger partial charge in [-0.1, -0.05) is 0 Å². The monoisotopic (exact) mass is 110 g/mol. The predicted molar refractivity (Wildman–Crippen MR) is 20.8 cm³/mol. The van der Waals surface area contributed by atoms with Crippen LogP contribution in [0.5, 0.6) is 0 Å². The van der Waals surface area contributed by atoms with E-state index in [-0.39, 0.29) is 0 Å². The molecule has 20 valence electrons. The van der Waals surface area contributed by atoms with Gasteiger partial charge in [0.15, 0.2) is 0 Å². The van der Waals surface area contributed by atoms with Gasteiger partial charge in [-0.15, -0.1) is 0 Å². The van der Waals surface area contributed by atoms with Crippen molar-refractivity contribution in [2.75, 3.05) is 0 Å². The molecule has 0 amide bonds. The van der Waals surface area contributed by atoms with E-state index in [1.807, 2.05) is 6.08 Å². The molecule has 0 nitrogen and oxygen atoms in total. The van der Waals surface area contributed by atoms with Gasteiger partial charge in [-0.2, -0.15) is 0 Å². The van der Waals surface area contributed by atoms with E-state index in [1.54, 1.807) is 18.6 Å². The Labute approximate surface area is 36.8 Å². The second-order valence-corrected chi connectivity index (χ2v) is 1.51. The third-order valence-corrected chi connectivity index (χ3v) is 0.866. The summed E-state index contributed by atoms with van der Waals surface area (Å²) < 4.78 is 0. The molecule has 0 bridgehead atoms. The molecular weight excluding hydrogens is 106 g/mol. The molecule has 0 heterocycles. The maximum absolute atomic E-state index is 3.49. The summed E-state index contributed by atoms with van der Waals surface area (Å²) in [5, 5.41) is 0. The van der Waals surface area contributed by atoms with Crippen molar-refractivity contribution in [2.24, 2.45) is 0 Å². The third-order valence-electron chi connectivity index (χ3n) is 0.167. The summed E-state index contributed by atoms with van der Waals surface area (Å²) in [4.78, 5) is 1.15. The van der Waals surface area contributed by atoms with E-state index in [0.717, 1.165) is 4.98 Å². The number of hydrogen-bond donors (Lipinski definition) is 0. The van der Waals surface area contributed by atoms with Gasteiger partial charge in [-0.3, -0.25) is 0 Å². The van der Waals surface area contributed by atoms with E-state index < -0.39 is 0 Å². The second kappa shape index (κ2) is 3.38. The van der Waals surface area contributed by atoms with Gasteiger partial charge in [0.1, 0.15) is 0 Å². The van der Waals surface area contributed by atoms with Crippen LogP contribution in [-0.4, -0.2) is 18.6 Å². The van der Waals surface area contributed by atoms with E-state index in [9.17, 15) is 0 Å². The van der Waals surface area contributed by atoms with Crippen LogP contribution < -0.4 is 0 Å². The fourth-order valence-corrected chi connectivity index (χ4v) is 0. The van der Waals surface area contributed by atoms with Crippen LogP contribution in [0.4, 0.5) is 0 Å². The SMILES string of the molecule is C=C[CH2][Ga]. The van der Waals surface area contributed by atoms with Crippen molar-refractivity contribution in [1.29, 1.82) is 0 Å². The van der Waals surface area contributed by atoms with Crippen molar-refractivity contribution in [3.05, 3.63) is 12.7 Å². The third kappa shape index (κ3) is 2.38. The van der Waals surface area contributed by atoms with E-state index in [2.05, 4.69) is 6.58 Å². The van der Waals surface area contributed by atoms with Crippen LogP contribution in [0.1, 0.15) is 0 Å². The quantitative estimate of drug-likeness (QED) is 0.346. The van der Waals surface area contributed by atoms with Gasteiger partial charge >= 0.3 is 36.2 Å². The van der Waals surface area contributed by atoms with Crippen molar-refractivity contribution in [3.63, 3.8) is 0 Å². The Morgan fingerprint density at radius 1 is 2.00 bits per heavy atom. The van der Waals surface area contributed by atoms with Crippen LogP contribution in [0.15, 0.2) is 12.7 Å². The van der Waals surface area contributed by atoms with Crippen LogP contribution >= 0.6 is 0 Å². The van der Waals surface area contributed by atoms with Gasteiger partial charge in [0, 0.05) is 0 Å². The molecule has 0 unspecified atom stereocenters. The Kier molecular flexibility index (Phi) is 3.69. The molecule has 0 aromatic heterocycles. The zero-order valence-electron chi connectivity index (χ0n) is 2.57. The van der Waals surface area contributed by atoms with Gasteiger partial charge in [-0.25, -0.2) is 0 Å². The first-order valence-corrected chi connectivity index (χ1v) is 2.94. The predicted octanol–water partition coefficient (Wildman–Crippen LogP) is 0.759. The molecule has 0 N–H and O–H groups in total. The molecule has 4 heavy (non-hydrogen) atoms. The average molecular weight is 111 g/mol. The molecule has 0 rings (SSSR count). The average Bonchev–Trinajstić information content (AvgIpc) is 1.37. The minimum absolute atomic E-state index is 1.15. The van der Waals surface area contributed by atoms with Gasteiger partial charge in [-0.05, 0) is 0 Å². The molecule has 0 saturated heterocycles. The molecule has 0 aromatic carbocycles. The standard InChI is InChI=1S/C3H5.Ga/c1-3-2;/h3H,1-2H2;. The topological polar surface area (TPSA) is 0 Å². The second-order valence-electron chi connectivity index (χ2n) is 0.524. The zero-order valence-corrected chi connectivity index (χ0v) is 4.99. The van der Waals surface area contributed by atoms with Gasteiger partial charge in [0.05, 0.1) is 0 Å². The summed E-state index contributed by atoms with van der Waals surface area (Å²) in [6, 6.07) is 0. The van der Waals surface area contributed by atoms with Crippen LogP contribution in [0.2, 0.25) is 4.98 Å². The fraction of sp³-hybridized carbons (Fsp3) is 0.333. The van der Waals surface area contributed by atoms with Crippen molar-refractivity contribution >= 4 is 18.6 Å². The molecule has 0 atom stereocenters. The maximum atomic E-state index is 3.49. The normalized spacial score (nSPS) is 6.00. The van der Waals surface area contributed by atoms with Gasteiger partial charge < -0.3 is 0 Å². The van der Waals surface area contributed by atoms with E-state index in [1.165, 1.54) is 0 Å². The van der Waals surface area contributed by atoms with Crippen molar-refractivity contribution in [1.82, 2.24) is 0 Å². The Hall–Kier alpha value is 0.376.